The molecule has 1 atom stereocenters. The van der Waals surface area contributed by atoms with E-state index in [9.17, 15) is 5.11 Å². The van der Waals surface area contributed by atoms with Crippen molar-refractivity contribution < 1.29 is 19.3 Å². The fraction of sp³-hybridized carbons (Fsp3) is 0.571. The molecule has 1 aromatic carbocycles. The lowest BCUT2D eigenvalue weighted by molar-refractivity contribution is 0.0648. The van der Waals surface area contributed by atoms with Crippen molar-refractivity contribution >= 4 is 0 Å². The average molecular weight is 267 g/mol. The van der Waals surface area contributed by atoms with Gasteiger partial charge in [-0.15, -0.1) is 0 Å². The molecule has 0 saturated heterocycles. The Bertz CT molecular complexity index is 397. The van der Waals surface area contributed by atoms with Gasteiger partial charge < -0.3 is 24.6 Å². The van der Waals surface area contributed by atoms with Crippen molar-refractivity contribution in [3.8, 4) is 11.5 Å². The van der Waals surface area contributed by atoms with Crippen LogP contribution in [0.2, 0.25) is 0 Å². The van der Waals surface area contributed by atoms with E-state index in [1.54, 1.807) is 7.11 Å². The van der Waals surface area contributed by atoms with E-state index in [0.29, 0.717) is 26.4 Å². The second-order valence-electron chi connectivity index (χ2n) is 4.54. The Balaban J connectivity index is 1.74. The largest absolute Gasteiger partial charge is 0.486 e. The van der Waals surface area contributed by atoms with Gasteiger partial charge in [-0.25, -0.2) is 0 Å². The molecule has 5 nitrogen and oxygen atoms in total. The lowest BCUT2D eigenvalue weighted by Crippen LogP contribution is -2.31. The molecule has 1 heterocycles. The normalized spacial score (nSPS) is 15.3. The maximum atomic E-state index is 9.48. The number of aliphatic hydroxyl groups excluding tert-OH is 1. The first-order valence-corrected chi connectivity index (χ1v) is 6.56. The summed E-state index contributed by atoms with van der Waals surface area (Å²) in [5, 5.41) is 12.7. The van der Waals surface area contributed by atoms with Crippen LogP contribution in [0.25, 0.3) is 0 Å². The highest BCUT2D eigenvalue weighted by molar-refractivity contribution is 5.43. The van der Waals surface area contributed by atoms with Gasteiger partial charge in [0, 0.05) is 13.7 Å². The minimum absolute atomic E-state index is 0.358. The van der Waals surface area contributed by atoms with Gasteiger partial charge in [0.25, 0.3) is 0 Å². The van der Waals surface area contributed by atoms with Crippen molar-refractivity contribution in [3.05, 3.63) is 23.8 Å². The summed E-state index contributed by atoms with van der Waals surface area (Å²) >= 11 is 0. The quantitative estimate of drug-likeness (QED) is 0.708. The first kappa shape index (κ1) is 14.1. The molecule has 1 aliphatic heterocycles. The second kappa shape index (κ2) is 7.33. The van der Waals surface area contributed by atoms with E-state index in [4.69, 9.17) is 14.2 Å². The van der Waals surface area contributed by atoms with Crippen LogP contribution in [0.4, 0.5) is 0 Å². The number of aliphatic hydroxyl groups is 1. The number of rotatable bonds is 7. The van der Waals surface area contributed by atoms with Gasteiger partial charge in [0.05, 0.1) is 12.7 Å². The van der Waals surface area contributed by atoms with Gasteiger partial charge in [0.15, 0.2) is 11.5 Å². The number of methoxy groups -OCH3 is 1. The van der Waals surface area contributed by atoms with E-state index >= 15 is 0 Å². The number of fused-ring (bicyclic) bond motifs is 1. The van der Waals surface area contributed by atoms with Gasteiger partial charge in [0.1, 0.15) is 13.2 Å². The minimum Gasteiger partial charge on any atom is -0.486 e. The molecule has 2 N–H and O–H groups in total. The molecule has 0 saturated carbocycles. The highest BCUT2D eigenvalue weighted by Gasteiger charge is 2.11. The number of benzene rings is 1. The van der Waals surface area contributed by atoms with Crippen molar-refractivity contribution in [1.29, 1.82) is 0 Å². The molecule has 0 radical (unpaired) electrons. The van der Waals surface area contributed by atoms with Crippen LogP contribution < -0.4 is 14.8 Å². The van der Waals surface area contributed by atoms with E-state index in [2.05, 4.69) is 5.32 Å². The summed E-state index contributed by atoms with van der Waals surface area (Å²) in [7, 11) is 1.58. The molecule has 0 aliphatic carbocycles. The zero-order chi connectivity index (χ0) is 13.5. The Morgan fingerprint density at radius 1 is 1.32 bits per heavy atom. The van der Waals surface area contributed by atoms with E-state index < -0.39 is 6.10 Å². The third-order valence-electron chi connectivity index (χ3n) is 2.94. The van der Waals surface area contributed by atoms with Gasteiger partial charge in [-0.2, -0.15) is 0 Å². The molecule has 1 aliphatic rings. The van der Waals surface area contributed by atoms with Crippen molar-refractivity contribution in [1.82, 2.24) is 5.32 Å². The summed E-state index contributed by atoms with van der Waals surface area (Å²) in [4.78, 5) is 0. The highest BCUT2D eigenvalue weighted by Crippen LogP contribution is 2.30. The number of nitrogens with one attached hydrogen (secondary N) is 1. The Hall–Kier alpha value is -1.30. The van der Waals surface area contributed by atoms with E-state index in [1.165, 1.54) is 5.56 Å². The third-order valence-corrected chi connectivity index (χ3v) is 2.94. The molecule has 106 valence electrons. The standard InChI is InChI=1S/C14H21NO4/c1-17-10-12(16)9-15-5-4-11-2-3-13-14(8-11)19-7-6-18-13/h2-3,8,12,15-16H,4-7,9-10H2,1H3. The van der Waals surface area contributed by atoms with Crippen LogP contribution in [-0.2, 0) is 11.2 Å². The Labute approximate surface area is 113 Å². The maximum absolute atomic E-state index is 9.48. The van der Waals surface area contributed by atoms with Crippen LogP contribution in [0.15, 0.2) is 18.2 Å². The molecular weight excluding hydrogens is 246 g/mol. The first-order chi connectivity index (χ1) is 9.29. The minimum atomic E-state index is -0.453. The topological polar surface area (TPSA) is 60.0 Å². The third kappa shape index (κ3) is 4.38. The molecule has 2 rings (SSSR count). The zero-order valence-corrected chi connectivity index (χ0v) is 11.2. The second-order valence-corrected chi connectivity index (χ2v) is 4.54. The monoisotopic (exact) mass is 267 g/mol. The summed E-state index contributed by atoms with van der Waals surface area (Å²) in [5.74, 6) is 1.64. The smallest absolute Gasteiger partial charge is 0.161 e. The molecule has 1 unspecified atom stereocenters. The molecule has 0 amide bonds. The molecule has 0 bridgehead atoms. The van der Waals surface area contributed by atoms with Gasteiger partial charge in [-0.1, -0.05) is 6.07 Å². The van der Waals surface area contributed by atoms with Crippen LogP contribution >= 0.6 is 0 Å². The number of ether oxygens (including phenoxy) is 3. The van der Waals surface area contributed by atoms with Crippen molar-refractivity contribution in [2.24, 2.45) is 0 Å². The number of hydrogen-bond acceptors (Lipinski definition) is 5. The van der Waals surface area contributed by atoms with Gasteiger partial charge in [0.2, 0.25) is 0 Å². The summed E-state index contributed by atoms with van der Waals surface area (Å²) in [6.07, 6.45) is 0.432. The predicted octanol–water partition coefficient (Wildman–Crippen LogP) is 0.597. The molecule has 0 aromatic heterocycles. The van der Waals surface area contributed by atoms with Gasteiger partial charge in [-0.3, -0.25) is 0 Å². The van der Waals surface area contributed by atoms with E-state index in [1.807, 2.05) is 18.2 Å². The van der Waals surface area contributed by atoms with Gasteiger partial charge >= 0.3 is 0 Å². The van der Waals surface area contributed by atoms with E-state index in [-0.39, 0.29) is 0 Å². The lowest BCUT2D eigenvalue weighted by atomic mass is 10.1. The van der Waals surface area contributed by atoms with Crippen LogP contribution in [-0.4, -0.2) is 51.2 Å². The molecule has 5 heteroatoms. The van der Waals surface area contributed by atoms with Crippen molar-refractivity contribution in [2.45, 2.75) is 12.5 Å². The lowest BCUT2D eigenvalue weighted by Gasteiger charge is -2.19. The predicted molar refractivity (Wildman–Crippen MR) is 71.9 cm³/mol. The average Bonchev–Trinajstić information content (AvgIpc) is 2.44. The summed E-state index contributed by atoms with van der Waals surface area (Å²) in [6.45, 7) is 2.93. The van der Waals surface area contributed by atoms with Crippen LogP contribution in [0.3, 0.4) is 0 Å². The molecular formula is C14H21NO4. The summed E-state index contributed by atoms with van der Waals surface area (Å²) in [5.41, 5.74) is 1.19. The first-order valence-electron chi connectivity index (χ1n) is 6.56. The van der Waals surface area contributed by atoms with Crippen LogP contribution in [0.1, 0.15) is 5.56 Å². The number of hydrogen-bond donors (Lipinski definition) is 2. The fourth-order valence-corrected chi connectivity index (χ4v) is 2.00. The van der Waals surface area contributed by atoms with Crippen molar-refractivity contribution in [2.75, 3.05) is 40.0 Å². The summed E-state index contributed by atoms with van der Waals surface area (Å²) < 4.78 is 15.9. The summed E-state index contributed by atoms with van der Waals surface area (Å²) in [6, 6.07) is 6.01. The molecule has 19 heavy (non-hydrogen) atoms. The van der Waals surface area contributed by atoms with Crippen LogP contribution in [0, 0.1) is 0 Å². The van der Waals surface area contributed by atoms with Crippen molar-refractivity contribution in [3.63, 3.8) is 0 Å². The van der Waals surface area contributed by atoms with E-state index in [0.717, 1.165) is 24.5 Å². The fourth-order valence-electron chi connectivity index (χ4n) is 2.00. The molecule has 1 aromatic rings. The van der Waals surface area contributed by atoms with Crippen LogP contribution in [0.5, 0.6) is 11.5 Å². The molecule has 0 spiro atoms. The maximum Gasteiger partial charge on any atom is 0.161 e. The Kier molecular flexibility index (Phi) is 5.44. The highest BCUT2D eigenvalue weighted by atomic mass is 16.6. The molecule has 0 fully saturated rings. The van der Waals surface area contributed by atoms with Gasteiger partial charge in [-0.05, 0) is 30.7 Å². The zero-order valence-electron chi connectivity index (χ0n) is 11.2. The Morgan fingerprint density at radius 2 is 2.11 bits per heavy atom. The SMILES string of the molecule is COCC(O)CNCCc1ccc2c(c1)OCCO2. The Morgan fingerprint density at radius 3 is 2.89 bits per heavy atom.